The molecule has 0 unspecified atom stereocenters. The van der Waals surface area contributed by atoms with E-state index in [1.165, 1.54) is 16.8 Å². The highest BCUT2D eigenvalue weighted by Gasteiger charge is 2.15. The number of hydrogen-bond acceptors (Lipinski definition) is 3. The maximum atomic E-state index is 14.8. The molecule has 6 heteroatoms. The van der Waals surface area contributed by atoms with Gasteiger partial charge in [-0.25, -0.2) is 8.78 Å². The van der Waals surface area contributed by atoms with Crippen molar-refractivity contribution in [2.75, 3.05) is 20.3 Å². The highest BCUT2D eigenvalue weighted by molar-refractivity contribution is 5.87. The summed E-state index contributed by atoms with van der Waals surface area (Å²) in [5, 5.41) is 3.68. The molecule has 3 aromatic rings. The fourth-order valence-corrected chi connectivity index (χ4v) is 3.45. The van der Waals surface area contributed by atoms with Crippen LogP contribution in [0, 0.1) is 17.0 Å². The van der Waals surface area contributed by atoms with Gasteiger partial charge in [-0.05, 0) is 41.2 Å². The molecule has 0 bridgehead atoms. The average Bonchev–Trinajstić information content (AvgIpc) is 2.72. The van der Waals surface area contributed by atoms with Crippen LogP contribution in [0.2, 0.25) is 0 Å². The van der Waals surface area contributed by atoms with Crippen LogP contribution in [0.5, 0.6) is 0 Å². The third kappa shape index (κ3) is 5.77. The molecule has 1 N–H and O–H groups in total. The van der Waals surface area contributed by atoms with E-state index < -0.39 is 5.82 Å². The molecule has 0 saturated carbocycles. The second kappa shape index (κ2) is 9.71. The molecule has 0 fully saturated rings. The molecule has 1 heterocycles. The normalized spacial score (nSPS) is 11.9. The Labute approximate surface area is 181 Å². The van der Waals surface area contributed by atoms with Gasteiger partial charge in [-0.2, -0.15) is 0 Å². The van der Waals surface area contributed by atoms with Gasteiger partial charge in [0.05, 0.1) is 12.0 Å². The van der Waals surface area contributed by atoms with Gasteiger partial charge in [-0.1, -0.05) is 39.0 Å². The van der Waals surface area contributed by atoms with E-state index in [4.69, 9.17) is 4.74 Å². The number of nitrogens with one attached hydrogen (secondary N) is 1. The van der Waals surface area contributed by atoms with Crippen molar-refractivity contribution in [3.63, 3.8) is 0 Å². The lowest BCUT2D eigenvalue weighted by Crippen LogP contribution is -2.23. The third-order valence-corrected chi connectivity index (χ3v) is 5.30. The van der Waals surface area contributed by atoms with Crippen molar-refractivity contribution in [3.8, 4) is 11.1 Å². The predicted molar refractivity (Wildman–Crippen MR) is 121 cm³/mol. The molecule has 0 aliphatic heterocycles. The van der Waals surface area contributed by atoms with Gasteiger partial charge in [0.15, 0.2) is 0 Å². The average molecular weight is 429 g/mol. The Morgan fingerprint density at radius 1 is 1.03 bits per heavy atom. The molecule has 1 aromatic heterocycles. The van der Waals surface area contributed by atoms with Crippen LogP contribution in [0.1, 0.15) is 32.8 Å². The summed E-state index contributed by atoms with van der Waals surface area (Å²) in [4.78, 5) is 12.8. The summed E-state index contributed by atoms with van der Waals surface area (Å²) in [6.45, 7) is 8.48. The van der Waals surface area contributed by atoms with Crippen molar-refractivity contribution >= 4 is 10.8 Å². The van der Waals surface area contributed by atoms with E-state index in [1.807, 2.05) is 6.07 Å². The Bertz CT molecular complexity index is 1120. The lowest BCUT2D eigenvalue weighted by molar-refractivity contribution is 0.199. The second-order valence-electron chi connectivity index (χ2n) is 9.03. The zero-order chi connectivity index (χ0) is 22.6. The number of aryl methyl sites for hydroxylation is 1. The number of ether oxygens (including phenoxy) is 1. The first kappa shape index (κ1) is 23.1. The molecule has 0 aliphatic rings. The SMILES string of the molecule is COCCNCc1ccc(-c2ccc3c(=O)n(CCC(C)(C)C)cc(F)c3c2)c(F)c1. The summed E-state index contributed by atoms with van der Waals surface area (Å²) in [5.74, 6) is -0.867. The molecule has 0 saturated heterocycles. The molecule has 0 aliphatic carbocycles. The molecule has 0 atom stereocenters. The number of aromatic nitrogens is 1. The number of hydrogen-bond donors (Lipinski definition) is 1. The molecule has 0 spiro atoms. The van der Waals surface area contributed by atoms with Crippen molar-refractivity contribution in [3.05, 3.63) is 70.1 Å². The first-order valence-corrected chi connectivity index (χ1v) is 10.5. The van der Waals surface area contributed by atoms with Gasteiger partial charge in [0.25, 0.3) is 5.56 Å². The minimum atomic E-state index is -0.482. The van der Waals surface area contributed by atoms with Crippen LogP contribution < -0.4 is 10.9 Å². The van der Waals surface area contributed by atoms with Gasteiger partial charge in [0, 0.05) is 43.9 Å². The van der Waals surface area contributed by atoms with E-state index in [1.54, 1.807) is 31.4 Å². The summed E-state index contributed by atoms with van der Waals surface area (Å²) in [6, 6.07) is 9.81. The molecule has 31 heavy (non-hydrogen) atoms. The fraction of sp³-hybridized carbons (Fsp3) is 0.400. The van der Waals surface area contributed by atoms with Gasteiger partial charge in [-0.3, -0.25) is 4.79 Å². The van der Waals surface area contributed by atoms with Gasteiger partial charge in [-0.15, -0.1) is 0 Å². The van der Waals surface area contributed by atoms with Crippen molar-refractivity contribution in [1.82, 2.24) is 9.88 Å². The highest BCUT2D eigenvalue weighted by atomic mass is 19.1. The van der Waals surface area contributed by atoms with E-state index in [9.17, 15) is 13.6 Å². The van der Waals surface area contributed by atoms with Gasteiger partial charge >= 0.3 is 0 Å². The van der Waals surface area contributed by atoms with E-state index >= 15 is 0 Å². The van der Waals surface area contributed by atoms with Crippen LogP contribution in [0.15, 0.2) is 47.4 Å². The Kier molecular flexibility index (Phi) is 7.23. The molecule has 0 amide bonds. The largest absolute Gasteiger partial charge is 0.383 e. The number of halogens is 2. The quantitative estimate of drug-likeness (QED) is 0.507. The van der Waals surface area contributed by atoms with E-state index in [-0.39, 0.29) is 22.2 Å². The number of methoxy groups -OCH3 is 1. The highest BCUT2D eigenvalue weighted by Crippen LogP contribution is 2.28. The number of fused-ring (bicyclic) bond motifs is 1. The zero-order valence-corrected chi connectivity index (χ0v) is 18.6. The number of benzene rings is 2. The van der Waals surface area contributed by atoms with E-state index in [0.717, 1.165) is 12.0 Å². The fourth-order valence-electron chi connectivity index (χ4n) is 3.45. The summed E-state index contributed by atoms with van der Waals surface area (Å²) in [6.07, 6.45) is 2.01. The molecule has 3 rings (SSSR count). The standard InChI is InChI=1S/C25H30F2N2O2/c1-25(2,3)9-11-29-16-23(27)21-14-18(6-8-20(21)24(29)30)19-7-5-17(13-22(19)26)15-28-10-12-31-4/h5-8,13-14,16,28H,9-12,15H2,1-4H3. The molecular formula is C25H30F2N2O2. The summed E-state index contributed by atoms with van der Waals surface area (Å²) < 4.78 is 36.0. The van der Waals surface area contributed by atoms with Gasteiger partial charge < -0.3 is 14.6 Å². The summed E-state index contributed by atoms with van der Waals surface area (Å²) in [5.41, 5.74) is 1.53. The first-order valence-electron chi connectivity index (χ1n) is 10.5. The molecular weight excluding hydrogens is 398 g/mol. The van der Waals surface area contributed by atoms with E-state index in [2.05, 4.69) is 26.1 Å². The minimum Gasteiger partial charge on any atom is -0.383 e. The molecule has 166 valence electrons. The molecule has 0 radical (unpaired) electrons. The van der Waals surface area contributed by atoms with Crippen LogP contribution in [-0.2, 0) is 17.8 Å². The first-order chi connectivity index (χ1) is 14.7. The number of pyridine rings is 1. The monoisotopic (exact) mass is 428 g/mol. The van der Waals surface area contributed by atoms with Gasteiger partial charge in [0.1, 0.15) is 11.6 Å². The van der Waals surface area contributed by atoms with Crippen molar-refractivity contribution in [2.45, 2.75) is 40.3 Å². The maximum absolute atomic E-state index is 14.8. The van der Waals surface area contributed by atoms with Crippen LogP contribution >= 0.6 is 0 Å². The van der Waals surface area contributed by atoms with Crippen molar-refractivity contribution in [2.24, 2.45) is 5.41 Å². The Morgan fingerprint density at radius 3 is 2.48 bits per heavy atom. The zero-order valence-electron chi connectivity index (χ0n) is 18.6. The Morgan fingerprint density at radius 2 is 1.81 bits per heavy atom. The smallest absolute Gasteiger partial charge is 0.258 e. The van der Waals surface area contributed by atoms with Crippen LogP contribution in [0.4, 0.5) is 8.78 Å². The third-order valence-electron chi connectivity index (χ3n) is 5.30. The number of nitrogens with zero attached hydrogens (tertiary/aromatic N) is 1. The Balaban J connectivity index is 1.89. The predicted octanol–water partition coefficient (Wildman–Crippen LogP) is 5.12. The topological polar surface area (TPSA) is 43.3 Å². The Hall–Kier alpha value is -2.57. The van der Waals surface area contributed by atoms with Crippen LogP contribution in [0.25, 0.3) is 21.9 Å². The van der Waals surface area contributed by atoms with Gasteiger partial charge in [0.2, 0.25) is 0 Å². The van der Waals surface area contributed by atoms with Crippen LogP contribution in [-0.4, -0.2) is 24.8 Å². The lowest BCUT2D eigenvalue weighted by atomic mass is 9.92. The van der Waals surface area contributed by atoms with E-state index in [0.29, 0.717) is 42.8 Å². The summed E-state index contributed by atoms with van der Waals surface area (Å²) in [7, 11) is 1.63. The molecule has 4 nitrogen and oxygen atoms in total. The summed E-state index contributed by atoms with van der Waals surface area (Å²) >= 11 is 0. The second-order valence-corrected chi connectivity index (χ2v) is 9.03. The minimum absolute atomic E-state index is 0.0394. The maximum Gasteiger partial charge on any atom is 0.258 e. The number of rotatable bonds is 8. The van der Waals surface area contributed by atoms with Crippen LogP contribution in [0.3, 0.4) is 0 Å². The molecule has 2 aromatic carbocycles. The lowest BCUT2D eigenvalue weighted by Gasteiger charge is -2.19. The van der Waals surface area contributed by atoms with Crippen molar-refractivity contribution in [1.29, 1.82) is 0 Å². The van der Waals surface area contributed by atoms with Crippen molar-refractivity contribution < 1.29 is 13.5 Å².